The summed E-state index contributed by atoms with van der Waals surface area (Å²) in [5.74, 6) is 0. The second-order valence-electron chi connectivity index (χ2n) is 3.40. The van der Waals surface area contributed by atoms with Gasteiger partial charge in [0.2, 0.25) is 0 Å². The largest absolute Gasteiger partial charge is 0.388 e. The lowest BCUT2D eigenvalue weighted by Crippen LogP contribution is -2.34. The van der Waals surface area contributed by atoms with E-state index in [1.54, 1.807) is 6.92 Å². The number of nitrogens with one attached hydrogen (secondary N) is 1. The first kappa shape index (κ1) is 11.9. The van der Waals surface area contributed by atoms with Crippen molar-refractivity contribution in [2.24, 2.45) is 0 Å². The van der Waals surface area contributed by atoms with Gasteiger partial charge in [0.15, 0.2) is 0 Å². The molecule has 0 heterocycles. The minimum absolute atomic E-state index is 0.433. The summed E-state index contributed by atoms with van der Waals surface area (Å²) in [7, 11) is 1.88. The van der Waals surface area contributed by atoms with Gasteiger partial charge in [0.25, 0.3) is 0 Å². The standard InChI is InChI=1S/C9H21NO2/c1-4-7-12-8-9(2,11)5-6-10-3/h10-11H,4-8H2,1-3H3. The molecule has 0 bridgehead atoms. The van der Waals surface area contributed by atoms with Crippen molar-refractivity contribution < 1.29 is 9.84 Å². The summed E-state index contributed by atoms with van der Waals surface area (Å²) in [4.78, 5) is 0. The van der Waals surface area contributed by atoms with Crippen LogP contribution in [0.3, 0.4) is 0 Å². The van der Waals surface area contributed by atoms with E-state index in [0.29, 0.717) is 6.61 Å². The molecule has 0 aliphatic carbocycles. The van der Waals surface area contributed by atoms with Crippen molar-refractivity contribution in [1.29, 1.82) is 0 Å². The first-order chi connectivity index (χ1) is 5.62. The van der Waals surface area contributed by atoms with Gasteiger partial charge in [-0.05, 0) is 33.4 Å². The Bertz CT molecular complexity index is 105. The Morgan fingerprint density at radius 3 is 2.67 bits per heavy atom. The number of aliphatic hydroxyl groups is 1. The Morgan fingerprint density at radius 2 is 2.17 bits per heavy atom. The van der Waals surface area contributed by atoms with E-state index < -0.39 is 5.60 Å². The van der Waals surface area contributed by atoms with Crippen molar-refractivity contribution in [3.8, 4) is 0 Å². The third kappa shape index (κ3) is 6.58. The van der Waals surface area contributed by atoms with Crippen LogP contribution < -0.4 is 5.32 Å². The highest BCUT2D eigenvalue weighted by Gasteiger charge is 2.19. The van der Waals surface area contributed by atoms with Crippen molar-refractivity contribution in [2.75, 3.05) is 26.8 Å². The lowest BCUT2D eigenvalue weighted by atomic mass is 10.0. The molecule has 0 fully saturated rings. The Kier molecular flexibility index (Phi) is 6.34. The van der Waals surface area contributed by atoms with Crippen molar-refractivity contribution in [1.82, 2.24) is 5.32 Å². The number of hydrogen-bond donors (Lipinski definition) is 2. The van der Waals surface area contributed by atoms with E-state index in [-0.39, 0.29) is 0 Å². The van der Waals surface area contributed by atoms with Gasteiger partial charge in [0, 0.05) is 6.61 Å². The molecule has 0 radical (unpaired) electrons. The molecule has 0 aromatic carbocycles. The Balaban J connectivity index is 3.42. The predicted molar refractivity (Wildman–Crippen MR) is 50.3 cm³/mol. The molecule has 3 heteroatoms. The van der Waals surface area contributed by atoms with Crippen LogP contribution in [0.25, 0.3) is 0 Å². The van der Waals surface area contributed by atoms with E-state index in [4.69, 9.17) is 4.74 Å². The van der Waals surface area contributed by atoms with Crippen molar-refractivity contribution in [2.45, 2.75) is 32.3 Å². The summed E-state index contributed by atoms with van der Waals surface area (Å²) in [6, 6.07) is 0. The molecular weight excluding hydrogens is 154 g/mol. The minimum atomic E-state index is -0.682. The number of rotatable bonds is 7. The van der Waals surface area contributed by atoms with Gasteiger partial charge in [-0.15, -0.1) is 0 Å². The monoisotopic (exact) mass is 175 g/mol. The molecular formula is C9H21NO2. The highest BCUT2D eigenvalue weighted by molar-refractivity contribution is 4.72. The average Bonchev–Trinajstić information content (AvgIpc) is 2.01. The quantitative estimate of drug-likeness (QED) is 0.562. The van der Waals surface area contributed by atoms with E-state index in [0.717, 1.165) is 26.0 Å². The molecule has 0 aromatic rings. The summed E-state index contributed by atoms with van der Waals surface area (Å²) in [6.07, 6.45) is 1.73. The minimum Gasteiger partial charge on any atom is -0.388 e. The molecule has 0 rings (SSSR count). The second kappa shape index (κ2) is 6.40. The van der Waals surface area contributed by atoms with Crippen LogP contribution in [-0.2, 0) is 4.74 Å². The summed E-state index contributed by atoms with van der Waals surface area (Å²) in [5, 5.41) is 12.7. The highest BCUT2D eigenvalue weighted by atomic mass is 16.5. The molecule has 0 aromatic heterocycles. The summed E-state index contributed by atoms with van der Waals surface area (Å²) < 4.78 is 5.27. The molecule has 0 saturated carbocycles. The van der Waals surface area contributed by atoms with Crippen molar-refractivity contribution >= 4 is 0 Å². The second-order valence-corrected chi connectivity index (χ2v) is 3.40. The van der Waals surface area contributed by atoms with Gasteiger partial charge in [0.1, 0.15) is 0 Å². The van der Waals surface area contributed by atoms with Gasteiger partial charge in [-0.1, -0.05) is 6.92 Å². The zero-order valence-corrected chi connectivity index (χ0v) is 8.39. The first-order valence-electron chi connectivity index (χ1n) is 4.57. The highest BCUT2D eigenvalue weighted by Crippen LogP contribution is 2.08. The molecule has 0 spiro atoms. The number of ether oxygens (including phenoxy) is 1. The molecule has 0 amide bonds. The molecule has 12 heavy (non-hydrogen) atoms. The summed E-state index contributed by atoms with van der Waals surface area (Å²) >= 11 is 0. The van der Waals surface area contributed by atoms with E-state index in [1.165, 1.54) is 0 Å². The van der Waals surface area contributed by atoms with Gasteiger partial charge in [0.05, 0.1) is 12.2 Å². The van der Waals surface area contributed by atoms with Crippen LogP contribution >= 0.6 is 0 Å². The van der Waals surface area contributed by atoms with Gasteiger partial charge < -0.3 is 15.2 Å². The first-order valence-corrected chi connectivity index (χ1v) is 4.57. The summed E-state index contributed by atoms with van der Waals surface area (Å²) in [6.45, 7) is 5.85. The maximum absolute atomic E-state index is 9.71. The van der Waals surface area contributed by atoms with E-state index in [1.807, 2.05) is 7.05 Å². The van der Waals surface area contributed by atoms with Crippen LogP contribution in [0.2, 0.25) is 0 Å². The van der Waals surface area contributed by atoms with Crippen LogP contribution in [-0.4, -0.2) is 37.5 Å². The normalized spacial score (nSPS) is 16.0. The van der Waals surface area contributed by atoms with Gasteiger partial charge >= 0.3 is 0 Å². The van der Waals surface area contributed by atoms with E-state index in [9.17, 15) is 5.11 Å². The van der Waals surface area contributed by atoms with Crippen LogP contribution in [0.1, 0.15) is 26.7 Å². The van der Waals surface area contributed by atoms with E-state index >= 15 is 0 Å². The zero-order chi connectivity index (χ0) is 9.45. The SMILES string of the molecule is CCCOCC(C)(O)CCNC. The average molecular weight is 175 g/mol. The predicted octanol–water partition coefficient (Wildman–Crippen LogP) is 0.773. The van der Waals surface area contributed by atoms with Crippen molar-refractivity contribution in [3.63, 3.8) is 0 Å². The fourth-order valence-corrected chi connectivity index (χ4v) is 0.903. The molecule has 0 saturated heterocycles. The lowest BCUT2D eigenvalue weighted by molar-refractivity contribution is -0.0378. The molecule has 74 valence electrons. The third-order valence-corrected chi connectivity index (χ3v) is 1.68. The Labute approximate surface area is 75.1 Å². The smallest absolute Gasteiger partial charge is 0.0864 e. The van der Waals surface area contributed by atoms with Crippen LogP contribution in [0.5, 0.6) is 0 Å². The van der Waals surface area contributed by atoms with Gasteiger partial charge in [-0.25, -0.2) is 0 Å². The number of hydrogen-bond acceptors (Lipinski definition) is 3. The topological polar surface area (TPSA) is 41.5 Å². The van der Waals surface area contributed by atoms with E-state index in [2.05, 4.69) is 12.2 Å². The van der Waals surface area contributed by atoms with Crippen LogP contribution in [0, 0.1) is 0 Å². The third-order valence-electron chi connectivity index (χ3n) is 1.68. The zero-order valence-electron chi connectivity index (χ0n) is 8.39. The maximum atomic E-state index is 9.71. The van der Waals surface area contributed by atoms with Crippen molar-refractivity contribution in [3.05, 3.63) is 0 Å². The summed E-state index contributed by atoms with van der Waals surface area (Å²) in [5.41, 5.74) is -0.682. The fourth-order valence-electron chi connectivity index (χ4n) is 0.903. The Hall–Kier alpha value is -0.120. The molecule has 1 unspecified atom stereocenters. The van der Waals surface area contributed by atoms with Crippen LogP contribution in [0.4, 0.5) is 0 Å². The molecule has 2 N–H and O–H groups in total. The maximum Gasteiger partial charge on any atom is 0.0864 e. The lowest BCUT2D eigenvalue weighted by Gasteiger charge is -2.22. The molecule has 3 nitrogen and oxygen atoms in total. The fraction of sp³-hybridized carbons (Fsp3) is 1.00. The molecule has 0 aliphatic rings. The molecule has 1 atom stereocenters. The molecule has 0 aliphatic heterocycles. The van der Waals surface area contributed by atoms with Crippen LogP contribution in [0.15, 0.2) is 0 Å². The van der Waals surface area contributed by atoms with Gasteiger partial charge in [-0.3, -0.25) is 0 Å². The Morgan fingerprint density at radius 1 is 1.50 bits per heavy atom. The van der Waals surface area contributed by atoms with Gasteiger partial charge in [-0.2, -0.15) is 0 Å².